The minimum atomic E-state index is -0.442. The standard InChI is InChI=1S/C8H16N2O2/c1-3-7(11)6(10-4-2)5-8(9)12/h6,10H,3-5H2,1-2H3,(H2,9,12)/t6-/m0/s1. The van der Waals surface area contributed by atoms with Crippen LogP contribution in [-0.4, -0.2) is 24.3 Å². The molecule has 0 saturated heterocycles. The van der Waals surface area contributed by atoms with Gasteiger partial charge in [0.05, 0.1) is 6.04 Å². The van der Waals surface area contributed by atoms with E-state index in [9.17, 15) is 9.59 Å². The maximum absolute atomic E-state index is 11.2. The number of ketones is 1. The molecule has 0 aromatic carbocycles. The number of amides is 1. The van der Waals surface area contributed by atoms with Crippen LogP contribution in [0.5, 0.6) is 0 Å². The van der Waals surface area contributed by atoms with Gasteiger partial charge in [-0.05, 0) is 6.54 Å². The molecule has 0 fully saturated rings. The molecule has 0 aliphatic carbocycles. The molecule has 0 aliphatic heterocycles. The van der Waals surface area contributed by atoms with E-state index in [0.29, 0.717) is 13.0 Å². The highest BCUT2D eigenvalue weighted by molar-refractivity contribution is 5.88. The van der Waals surface area contributed by atoms with E-state index in [2.05, 4.69) is 5.32 Å². The third kappa shape index (κ3) is 4.08. The number of hydrogen-bond acceptors (Lipinski definition) is 3. The predicted molar refractivity (Wildman–Crippen MR) is 46.6 cm³/mol. The van der Waals surface area contributed by atoms with Crippen molar-refractivity contribution in [2.75, 3.05) is 6.54 Å². The Bertz CT molecular complexity index is 168. The smallest absolute Gasteiger partial charge is 0.219 e. The van der Waals surface area contributed by atoms with Crippen molar-refractivity contribution in [3.8, 4) is 0 Å². The minimum absolute atomic E-state index is 0.0376. The van der Waals surface area contributed by atoms with E-state index in [-0.39, 0.29) is 12.2 Å². The molecule has 70 valence electrons. The summed E-state index contributed by atoms with van der Waals surface area (Å²) in [5.74, 6) is -0.404. The van der Waals surface area contributed by atoms with Crippen molar-refractivity contribution in [3.63, 3.8) is 0 Å². The van der Waals surface area contributed by atoms with Crippen molar-refractivity contribution >= 4 is 11.7 Å². The van der Waals surface area contributed by atoms with Crippen LogP contribution in [0, 0.1) is 0 Å². The molecule has 0 saturated carbocycles. The van der Waals surface area contributed by atoms with Gasteiger partial charge < -0.3 is 11.1 Å². The molecular weight excluding hydrogens is 156 g/mol. The molecule has 0 radical (unpaired) electrons. The Balaban J connectivity index is 4.02. The van der Waals surface area contributed by atoms with Crippen LogP contribution >= 0.6 is 0 Å². The van der Waals surface area contributed by atoms with E-state index in [1.165, 1.54) is 0 Å². The van der Waals surface area contributed by atoms with E-state index in [1.54, 1.807) is 6.92 Å². The molecule has 4 nitrogen and oxygen atoms in total. The first-order chi connectivity index (χ1) is 5.61. The highest BCUT2D eigenvalue weighted by Crippen LogP contribution is 1.96. The molecule has 1 amide bonds. The van der Waals surface area contributed by atoms with E-state index in [4.69, 9.17) is 5.73 Å². The lowest BCUT2D eigenvalue weighted by atomic mass is 10.1. The first-order valence-corrected chi connectivity index (χ1v) is 4.16. The number of Topliss-reactive ketones (excluding diaryl/α,β-unsaturated/α-hetero) is 1. The van der Waals surface area contributed by atoms with Crippen LogP contribution in [0.3, 0.4) is 0 Å². The third-order valence-corrected chi connectivity index (χ3v) is 1.59. The molecule has 1 atom stereocenters. The summed E-state index contributed by atoms with van der Waals surface area (Å²) in [6.45, 7) is 4.33. The van der Waals surface area contributed by atoms with Gasteiger partial charge in [0, 0.05) is 12.8 Å². The zero-order valence-electron chi connectivity index (χ0n) is 7.59. The number of likely N-dealkylation sites (N-methyl/N-ethyl adjacent to an activating group) is 1. The van der Waals surface area contributed by atoms with Crippen LogP contribution in [0.4, 0.5) is 0 Å². The Morgan fingerprint density at radius 3 is 2.33 bits per heavy atom. The van der Waals surface area contributed by atoms with Crippen molar-refractivity contribution in [2.45, 2.75) is 32.7 Å². The number of nitrogens with two attached hydrogens (primary N) is 1. The maximum Gasteiger partial charge on any atom is 0.219 e. The Morgan fingerprint density at radius 2 is 2.00 bits per heavy atom. The summed E-state index contributed by atoms with van der Waals surface area (Å²) >= 11 is 0. The summed E-state index contributed by atoms with van der Waals surface area (Å²) in [6.07, 6.45) is 0.533. The van der Waals surface area contributed by atoms with Gasteiger partial charge in [-0.1, -0.05) is 13.8 Å². The lowest BCUT2D eigenvalue weighted by Gasteiger charge is -2.13. The monoisotopic (exact) mass is 172 g/mol. The largest absolute Gasteiger partial charge is 0.370 e. The van der Waals surface area contributed by atoms with Gasteiger partial charge in [-0.3, -0.25) is 9.59 Å². The van der Waals surface area contributed by atoms with Gasteiger partial charge in [0.25, 0.3) is 0 Å². The Labute approximate surface area is 72.5 Å². The summed E-state index contributed by atoms with van der Waals surface area (Å²) in [4.78, 5) is 21.7. The fourth-order valence-electron chi connectivity index (χ4n) is 0.994. The van der Waals surface area contributed by atoms with Crippen molar-refractivity contribution in [3.05, 3.63) is 0 Å². The third-order valence-electron chi connectivity index (χ3n) is 1.59. The van der Waals surface area contributed by atoms with Crippen LogP contribution in [0.25, 0.3) is 0 Å². The van der Waals surface area contributed by atoms with E-state index in [0.717, 1.165) is 0 Å². The first-order valence-electron chi connectivity index (χ1n) is 4.16. The Morgan fingerprint density at radius 1 is 1.42 bits per heavy atom. The zero-order valence-corrected chi connectivity index (χ0v) is 7.59. The SMILES string of the molecule is CCN[C@@H](CC(N)=O)C(=O)CC. The molecule has 0 unspecified atom stereocenters. The number of rotatable bonds is 6. The van der Waals surface area contributed by atoms with Gasteiger partial charge in [0.2, 0.25) is 5.91 Å². The summed E-state index contributed by atoms with van der Waals surface area (Å²) < 4.78 is 0. The van der Waals surface area contributed by atoms with Crippen LogP contribution in [0.2, 0.25) is 0 Å². The highest BCUT2D eigenvalue weighted by atomic mass is 16.1. The van der Waals surface area contributed by atoms with Crippen molar-refractivity contribution < 1.29 is 9.59 Å². The topological polar surface area (TPSA) is 72.2 Å². The van der Waals surface area contributed by atoms with E-state index < -0.39 is 11.9 Å². The van der Waals surface area contributed by atoms with Gasteiger partial charge in [-0.25, -0.2) is 0 Å². The lowest BCUT2D eigenvalue weighted by Crippen LogP contribution is -2.39. The van der Waals surface area contributed by atoms with Crippen LogP contribution in [0.1, 0.15) is 26.7 Å². The second-order valence-electron chi connectivity index (χ2n) is 2.60. The van der Waals surface area contributed by atoms with Gasteiger partial charge in [-0.2, -0.15) is 0 Å². The maximum atomic E-state index is 11.2. The highest BCUT2D eigenvalue weighted by Gasteiger charge is 2.16. The molecular formula is C8H16N2O2. The second kappa shape index (κ2) is 5.71. The molecule has 0 heterocycles. The number of carbonyl (C=O) groups is 2. The van der Waals surface area contributed by atoms with Crippen LogP contribution in [0.15, 0.2) is 0 Å². The Hall–Kier alpha value is -0.900. The number of hydrogen-bond donors (Lipinski definition) is 2. The molecule has 0 aromatic rings. The van der Waals surface area contributed by atoms with Crippen LogP contribution < -0.4 is 11.1 Å². The van der Waals surface area contributed by atoms with Crippen molar-refractivity contribution in [2.24, 2.45) is 5.73 Å². The first kappa shape index (κ1) is 11.1. The molecule has 0 spiro atoms. The summed E-state index contributed by atoms with van der Waals surface area (Å²) in [7, 11) is 0. The van der Waals surface area contributed by atoms with E-state index >= 15 is 0 Å². The lowest BCUT2D eigenvalue weighted by molar-refractivity contribution is -0.125. The zero-order chi connectivity index (χ0) is 9.56. The number of nitrogens with one attached hydrogen (secondary N) is 1. The average Bonchev–Trinajstić information content (AvgIpc) is 2.01. The molecule has 0 bridgehead atoms. The van der Waals surface area contributed by atoms with Gasteiger partial charge in [0.1, 0.15) is 5.78 Å². The predicted octanol–water partition coefficient (Wildman–Crippen LogP) is -0.181. The summed E-state index contributed by atoms with van der Waals surface area (Å²) in [5, 5.41) is 2.91. The Kier molecular flexibility index (Phi) is 5.28. The van der Waals surface area contributed by atoms with E-state index in [1.807, 2.05) is 6.92 Å². The van der Waals surface area contributed by atoms with Crippen molar-refractivity contribution in [1.29, 1.82) is 0 Å². The average molecular weight is 172 g/mol. The molecule has 3 N–H and O–H groups in total. The summed E-state index contributed by atoms with van der Waals surface area (Å²) in [5.41, 5.74) is 4.98. The number of primary amides is 1. The molecule has 4 heteroatoms. The minimum Gasteiger partial charge on any atom is -0.370 e. The number of carbonyl (C=O) groups excluding carboxylic acids is 2. The fourth-order valence-corrected chi connectivity index (χ4v) is 0.994. The molecule has 12 heavy (non-hydrogen) atoms. The van der Waals surface area contributed by atoms with Gasteiger partial charge in [0.15, 0.2) is 0 Å². The molecule has 0 aliphatic rings. The van der Waals surface area contributed by atoms with Crippen molar-refractivity contribution in [1.82, 2.24) is 5.32 Å². The fraction of sp³-hybridized carbons (Fsp3) is 0.750. The second-order valence-corrected chi connectivity index (χ2v) is 2.60. The molecule has 0 aromatic heterocycles. The van der Waals surface area contributed by atoms with Gasteiger partial charge >= 0.3 is 0 Å². The van der Waals surface area contributed by atoms with Gasteiger partial charge in [-0.15, -0.1) is 0 Å². The normalized spacial score (nSPS) is 12.5. The summed E-state index contributed by atoms with van der Waals surface area (Å²) in [6, 6.07) is -0.391. The quantitative estimate of drug-likeness (QED) is 0.583. The van der Waals surface area contributed by atoms with Crippen LogP contribution in [-0.2, 0) is 9.59 Å². The molecule has 0 rings (SSSR count).